The summed E-state index contributed by atoms with van der Waals surface area (Å²) in [6.07, 6.45) is 5.77. The molecule has 0 radical (unpaired) electrons. The first kappa shape index (κ1) is 11.4. The smallest absolute Gasteiger partial charge is 0.309 e. The van der Waals surface area contributed by atoms with Crippen LogP contribution in [0.5, 0.6) is 0 Å². The lowest BCUT2D eigenvalue weighted by Crippen LogP contribution is -2.01. The maximum Gasteiger partial charge on any atom is 0.309 e. The zero-order chi connectivity index (χ0) is 12.1. The number of hydrogen-bond acceptors (Lipinski definition) is 3. The van der Waals surface area contributed by atoms with Gasteiger partial charge in [0.2, 0.25) is 0 Å². The number of ether oxygens (including phenoxy) is 1. The first-order valence-corrected chi connectivity index (χ1v) is 5.55. The van der Waals surface area contributed by atoms with Crippen molar-refractivity contribution < 1.29 is 9.53 Å². The fourth-order valence-corrected chi connectivity index (χ4v) is 1.63. The Morgan fingerprint density at radius 1 is 1.53 bits per heavy atom. The highest BCUT2D eigenvalue weighted by Gasteiger charge is 2.00. The first-order valence-electron chi connectivity index (χ1n) is 5.55. The van der Waals surface area contributed by atoms with Gasteiger partial charge in [-0.05, 0) is 12.5 Å². The molecule has 0 amide bonds. The Kier molecular flexibility index (Phi) is 3.55. The monoisotopic (exact) mass is 230 g/mol. The summed E-state index contributed by atoms with van der Waals surface area (Å²) in [4.78, 5) is 11.2. The van der Waals surface area contributed by atoms with Gasteiger partial charge >= 0.3 is 5.97 Å². The van der Waals surface area contributed by atoms with Gasteiger partial charge in [-0.3, -0.25) is 9.89 Å². The molecule has 0 aliphatic rings. The van der Waals surface area contributed by atoms with E-state index in [2.05, 4.69) is 10.2 Å². The molecule has 0 saturated heterocycles. The largest absolute Gasteiger partial charge is 0.466 e. The summed E-state index contributed by atoms with van der Waals surface area (Å²) >= 11 is 0. The molecule has 4 nitrogen and oxygen atoms in total. The van der Waals surface area contributed by atoms with Crippen molar-refractivity contribution in [2.24, 2.45) is 0 Å². The van der Waals surface area contributed by atoms with Crippen LogP contribution >= 0.6 is 0 Å². The van der Waals surface area contributed by atoms with E-state index in [-0.39, 0.29) is 5.97 Å². The molecule has 1 aromatic heterocycles. The molecular formula is C13H14N2O2. The van der Waals surface area contributed by atoms with Crippen molar-refractivity contribution in [1.29, 1.82) is 0 Å². The third kappa shape index (κ3) is 2.72. The number of aromatic nitrogens is 2. The molecule has 0 spiro atoms. The molecule has 17 heavy (non-hydrogen) atoms. The average molecular weight is 230 g/mol. The number of aromatic amines is 1. The predicted octanol–water partition coefficient (Wildman–Crippen LogP) is 2.53. The molecule has 0 aliphatic heterocycles. The van der Waals surface area contributed by atoms with Crippen LogP contribution in [-0.4, -0.2) is 22.8 Å². The Morgan fingerprint density at radius 3 is 3.24 bits per heavy atom. The van der Waals surface area contributed by atoms with E-state index < -0.39 is 0 Å². The maximum atomic E-state index is 11.2. The Hall–Kier alpha value is -2.10. The molecule has 0 bridgehead atoms. The summed E-state index contributed by atoms with van der Waals surface area (Å²) in [5, 5.41) is 7.98. The first-order chi connectivity index (χ1) is 8.31. The number of para-hydroxylation sites is 1. The Balaban J connectivity index is 2.10. The SMILES string of the molecule is CCOC(=O)CC=Cc1cccc2cn[nH]c12. The van der Waals surface area contributed by atoms with Crippen molar-refractivity contribution in [3.8, 4) is 0 Å². The van der Waals surface area contributed by atoms with E-state index in [0.717, 1.165) is 16.5 Å². The van der Waals surface area contributed by atoms with Gasteiger partial charge in [0.25, 0.3) is 0 Å². The van der Waals surface area contributed by atoms with Gasteiger partial charge in [-0.15, -0.1) is 0 Å². The molecule has 1 N–H and O–H groups in total. The van der Waals surface area contributed by atoms with Crippen LogP contribution in [0, 0.1) is 0 Å². The minimum absolute atomic E-state index is 0.208. The standard InChI is InChI=1S/C13H14N2O2/c1-2-17-12(16)8-4-6-10-5-3-7-11-9-14-15-13(10)11/h3-7,9H,2,8H2,1H3,(H,14,15). The third-order valence-corrected chi connectivity index (χ3v) is 2.40. The van der Waals surface area contributed by atoms with Crippen LogP contribution in [0.15, 0.2) is 30.5 Å². The zero-order valence-corrected chi connectivity index (χ0v) is 9.64. The average Bonchev–Trinajstić information content (AvgIpc) is 2.78. The van der Waals surface area contributed by atoms with E-state index in [9.17, 15) is 4.79 Å². The van der Waals surface area contributed by atoms with Gasteiger partial charge in [-0.1, -0.05) is 30.4 Å². The summed E-state index contributed by atoms with van der Waals surface area (Å²) in [5.41, 5.74) is 2.00. The molecule has 1 aromatic carbocycles. The molecule has 2 rings (SSSR count). The van der Waals surface area contributed by atoms with E-state index in [1.165, 1.54) is 0 Å². The van der Waals surface area contributed by atoms with Crippen molar-refractivity contribution >= 4 is 22.9 Å². The number of hydrogen-bond donors (Lipinski definition) is 1. The van der Waals surface area contributed by atoms with Crippen molar-refractivity contribution in [3.05, 3.63) is 36.0 Å². The van der Waals surface area contributed by atoms with E-state index >= 15 is 0 Å². The van der Waals surface area contributed by atoms with Crippen LogP contribution in [-0.2, 0) is 9.53 Å². The van der Waals surface area contributed by atoms with Gasteiger partial charge < -0.3 is 4.74 Å². The number of nitrogens with zero attached hydrogens (tertiary/aromatic N) is 1. The molecule has 0 saturated carbocycles. The number of carbonyl (C=O) groups is 1. The molecule has 2 aromatic rings. The van der Waals surface area contributed by atoms with Crippen molar-refractivity contribution in [1.82, 2.24) is 10.2 Å². The number of esters is 1. The van der Waals surface area contributed by atoms with Crippen molar-refractivity contribution in [2.45, 2.75) is 13.3 Å². The molecule has 4 heteroatoms. The van der Waals surface area contributed by atoms with E-state index in [0.29, 0.717) is 13.0 Å². The minimum atomic E-state index is -0.208. The topological polar surface area (TPSA) is 55.0 Å². The number of nitrogens with one attached hydrogen (secondary N) is 1. The second-order valence-corrected chi connectivity index (χ2v) is 3.59. The summed E-state index contributed by atoms with van der Waals surface area (Å²) in [6.45, 7) is 2.22. The van der Waals surface area contributed by atoms with Crippen LogP contribution in [0.4, 0.5) is 0 Å². The number of benzene rings is 1. The molecular weight excluding hydrogens is 216 g/mol. The van der Waals surface area contributed by atoms with Gasteiger partial charge in [-0.2, -0.15) is 5.10 Å². The second-order valence-electron chi connectivity index (χ2n) is 3.59. The van der Waals surface area contributed by atoms with Crippen LogP contribution in [0.3, 0.4) is 0 Å². The number of rotatable bonds is 4. The van der Waals surface area contributed by atoms with Gasteiger partial charge in [0.1, 0.15) is 0 Å². The number of H-pyrrole nitrogens is 1. The van der Waals surface area contributed by atoms with Crippen LogP contribution in [0.25, 0.3) is 17.0 Å². The van der Waals surface area contributed by atoms with Crippen molar-refractivity contribution in [2.75, 3.05) is 6.61 Å². The predicted molar refractivity (Wildman–Crippen MR) is 66.4 cm³/mol. The fraction of sp³-hybridized carbons (Fsp3) is 0.231. The lowest BCUT2D eigenvalue weighted by Gasteiger charge is -1.98. The quantitative estimate of drug-likeness (QED) is 0.821. The van der Waals surface area contributed by atoms with Crippen LogP contribution < -0.4 is 0 Å². The number of fused-ring (bicyclic) bond motifs is 1. The minimum Gasteiger partial charge on any atom is -0.466 e. The second kappa shape index (κ2) is 5.30. The number of carbonyl (C=O) groups excluding carboxylic acids is 1. The zero-order valence-electron chi connectivity index (χ0n) is 9.64. The van der Waals surface area contributed by atoms with Gasteiger partial charge in [0.05, 0.1) is 24.7 Å². The Labute approximate surface area is 99.3 Å². The maximum absolute atomic E-state index is 11.2. The summed E-state index contributed by atoms with van der Waals surface area (Å²) in [5.74, 6) is -0.208. The molecule has 0 atom stereocenters. The van der Waals surface area contributed by atoms with E-state index in [1.807, 2.05) is 24.3 Å². The van der Waals surface area contributed by atoms with Crippen LogP contribution in [0.1, 0.15) is 18.9 Å². The normalized spacial score (nSPS) is 11.1. The summed E-state index contributed by atoms with van der Waals surface area (Å²) < 4.78 is 4.84. The lowest BCUT2D eigenvalue weighted by molar-refractivity contribution is -0.142. The van der Waals surface area contributed by atoms with Gasteiger partial charge in [-0.25, -0.2) is 0 Å². The Bertz CT molecular complexity index is 543. The van der Waals surface area contributed by atoms with Gasteiger partial charge in [0, 0.05) is 5.39 Å². The van der Waals surface area contributed by atoms with Crippen molar-refractivity contribution in [3.63, 3.8) is 0 Å². The molecule has 0 unspecified atom stereocenters. The molecule has 0 aliphatic carbocycles. The summed E-state index contributed by atoms with van der Waals surface area (Å²) in [7, 11) is 0. The molecule has 1 heterocycles. The highest BCUT2D eigenvalue weighted by atomic mass is 16.5. The van der Waals surface area contributed by atoms with Gasteiger partial charge in [0.15, 0.2) is 0 Å². The molecule has 0 fully saturated rings. The highest BCUT2D eigenvalue weighted by Crippen LogP contribution is 2.16. The lowest BCUT2D eigenvalue weighted by atomic mass is 10.1. The third-order valence-electron chi connectivity index (χ3n) is 2.40. The van der Waals surface area contributed by atoms with E-state index in [4.69, 9.17) is 4.74 Å². The van der Waals surface area contributed by atoms with E-state index in [1.54, 1.807) is 19.2 Å². The highest BCUT2D eigenvalue weighted by molar-refractivity contribution is 5.87. The fourth-order valence-electron chi connectivity index (χ4n) is 1.63. The summed E-state index contributed by atoms with van der Waals surface area (Å²) in [6, 6.07) is 5.92. The molecule has 88 valence electrons. The Morgan fingerprint density at radius 2 is 2.41 bits per heavy atom. The van der Waals surface area contributed by atoms with Crippen LogP contribution in [0.2, 0.25) is 0 Å².